The van der Waals surface area contributed by atoms with E-state index in [1.807, 2.05) is 18.2 Å². The number of piperazine rings is 1. The van der Waals surface area contributed by atoms with Crippen LogP contribution in [0.5, 0.6) is 0 Å². The van der Waals surface area contributed by atoms with Crippen molar-refractivity contribution in [2.24, 2.45) is 5.73 Å². The average Bonchev–Trinajstić information content (AvgIpc) is 2.61. The van der Waals surface area contributed by atoms with Crippen LogP contribution < -0.4 is 21.3 Å². The summed E-state index contributed by atoms with van der Waals surface area (Å²) in [6, 6.07) is 13.0. The van der Waals surface area contributed by atoms with Crippen molar-refractivity contribution in [3.8, 4) is 0 Å². The molecule has 0 atom stereocenters. The second-order valence-electron chi connectivity index (χ2n) is 5.69. The third-order valence-corrected chi connectivity index (χ3v) is 4.24. The highest BCUT2D eigenvalue weighted by atomic mass is 19.1. The molecular weight excluding hydrogens is 291 g/mol. The van der Waals surface area contributed by atoms with E-state index < -0.39 is 0 Å². The van der Waals surface area contributed by atoms with E-state index >= 15 is 0 Å². The van der Waals surface area contributed by atoms with Crippen LogP contribution in [0.4, 0.5) is 15.8 Å². The molecule has 4 N–H and O–H groups in total. The van der Waals surface area contributed by atoms with Crippen LogP contribution in [0.3, 0.4) is 0 Å². The summed E-state index contributed by atoms with van der Waals surface area (Å²) in [6.07, 6.45) is 0. The maximum absolute atomic E-state index is 13.8. The second kappa shape index (κ2) is 7.44. The fourth-order valence-corrected chi connectivity index (χ4v) is 2.99. The first kappa shape index (κ1) is 15.8. The van der Waals surface area contributed by atoms with E-state index in [-0.39, 0.29) is 5.82 Å². The van der Waals surface area contributed by atoms with Crippen LogP contribution in [-0.2, 0) is 13.1 Å². The maximum Gasteiger partial charge on any atom is 0.128 e. The molecule has 1 heterocycles. The third-order valence-electron chi connectivity index (χ3n) is 4.24. The molecule has 122 valence electrons. The molecule has 0 aliphatic carbocycles. The van der Waals surface area contributed by atoms with Gasteiger partial charge in [-0.3, -0.25) is 0 Å². The zero-order valence-electron chi connectivity index (χ0n) is 13.2. The minimum absolute atomic E-state index is 0.187. The van der Waals surface area contributed by atoms with Crippen molar-refractivity contribution >= 4 is 11.4 Å². The van der Waals surface area contributed by atoms with Gasteiger partial charge in [-0.1, -0.05) is 24.3 Å². The van der Waals surface area contributed by atoms with Crippen molar-refractivity contribution in [3.05, 3.63) is 59.4 Å². The van der Waals surface area contributed by atoms with E-state index in [1.165, 1.54) is 11.8 Å². The maximum atomic E-state index is 13.8. The zero-order valence-corrected chi connectivity index (χ0v) is 13.2. The van der Waals surface area contributed by atoms with Crippen LogP contribution >= 0.6 is 0 Å². The highest BCUT2D eigenvalue weighted by Gasteiger charge is 2.15. The molecule has 1 aliphatic rings. The van der Waals surface area contributed by atoms with E-state index in [4.69, 9.17) is 5.73 Å². The van der Waals surface area contributed by atoms with Gasteiger partial charge in [0.15, 0.2) is 0 Å². The number of nitrogens with one attached hydrogen (secondary N) is 2. The van der Waals surface area contributed by atoms with Crippen LogP contribution in [0.2, 0.25) is 0 Å². The smallest absolute Gasteiger partial charge is 0.128 e. The summed E-state index contributed by atoms with van der Waals surface area (Å²) in [5.41, 5.74) is 9.90. The number of hydrogen-bond donors (Lipinski definition) is 3. The summed E-state index contributed by atoms with van der Waals surface area (Å²) in [5, 5.41) is 6.70. The summed E-state index contributed by atoms with van der Waals surface area (Å²) < 4.78 is 13.8. The molecule has 1 saturated heterocycles. The first-order valence-corrected chi connectivity index (χ1v) is 8.04. The summed E-state index contributed by atoms with van der Waals surface area (Å²) in [7, 11) is 0. The fourth-order valence-electron chi connectivity index (χ4n) is 2.99. The molecule has 0 amide bonds. The van der Waals surface area contributed by atoms with E-state index in [2.05, 4.69) is 21.6 Å². The molecule has 0 bridgehead atoms. The molecule has 2 aromatic carbocycles. The third kappa shape index (κ3) is 3.63. The van der Waals surface area contributed by atoms with Gasteiger partial charge in [0.2, 0.25) is 0 Å². The number of nitrogens with zero attached hydrogens (tertiary/aromatic N) is 1. The number of hydrogen-bond acceptors (Lipinski definition) is 4. The molecule has 23 heavy (non-hydrogen) atoms. The Kier molecular flexibility index (Phi) is 5.10. The highest BCUT2D eigenvalue weighted by Crippen LogP contribution is 2.28. The standard InChI is InChI=1S/C18H23FN4/c19-16-5-2-1-4-14(16)13-22-17-6-3-7-18(15(17)12-20)23-10-8-21-9-11-23/h1-7,21-22H,8-13,20H2. The van der Waals surface area contributed by atoms with Gasteiger partial charge in [-0.2, -0.15) is 0 Å². The van der Waals surface area contributed by atoms with E-state index in [9.17, 15) is 4.39 Å². The van der Waals surface area contributed by atoms with Crippen LogP contribution in [0.1, 0.15) is 11.1 Å². The first-order valence-electron chi connectivity index (χ1n) is 8.04. The minimum Gasteiger partial charge on any atom is -0.381 e. The molecule has 3 rings (SSSR count). The number of rotatable bonds is 5. The monoisotopic (exact) mass is 314 g/mol. The van der Waals surface area contributed by atoms with Crippen molar-refractivity contribution in [1.29, 1.82) is 0 Å². The molecule has 4 nitrogen and oxygen atoms in total. The van der Waals surface area contributed by atoms with Crippen LogP contribution in [0.15, 0.2) is 42.5 Å². The second-order valence-corrected chi connectivity index (χ2v) is 5.69. The van der Waals surface area contributed by atoms with Crippen molar-refractivity contribution in [2.75, 3.05) is 36.4 Å². The van der Waals surface area contributed by atoms with E-state index in [1.54, 1.807) is 12.1 Å². The Labute approximate surface area is 136 Å². The van der Waals surface area contributed by atoms with E-state index in [0.29, 0.717) is 18.7 Å². The Hall–Kier alpha value is -2.11. The molecule has 0 aromatic heterocycles. The average molecular weight is 314 g/mol. The zero-order chi connectivity index (χ0) is 16.1. The van der Waals surface area contributed by atoms with Crippen LogP contribution in [0.25, 0.3) is 0 Å². The molecule has 5 heteroatoms. The van der Waals surface area contributed by atoms with Gasteiger partial charge in [0, 0.05) is 61.8 Å². The summed E-state index contributed by atoms with van der Waals surface area (Å²) in [4.78, 5) is 2.35. The van der Waals surface area contributed by atoms with Gasteiger partial charge in [-0.15, -0.1) is 0 Å². The van der Waals surface area contributed by atoms with Crippen molar-refractivity contribution < 1.29 is 4.39 Å². The Balaban J connectivity index is 1.80. The molecular formula is C18H23FN4. The van der Waals surface area contributed by atoms with Gasteiger partial charge < -0.3 is 21.3 Å². The number of nitrogens with two attached hydrogens (primary N) is 1. The van der Waals surface area contributed by atoms with Crippen LogP contribution in [0, 0.1) is 5.82 Å². The fraction of sp³-hybridized carbons (Fsp3) is 0.333. The van der Waals surface area contributed by atoms with Gasteiger partial charge >= 0.3 is 0 Å². The minimum atomic E-state index is -0.187. The lowest BCUT2D eigenvalue weighted by Gasteiger charge is -2.32. The topological polar surface area (TPSA) is 53.3 Å². The summed E-state index contributed by atoms with van der Waals surface area (Å²) >= 11 is 0. The lowest BCUT2D eigenvalue weighted by atomic mass is 10.1. The molecule has 0 radical (unpaired) electrons. The Bertz CT molecular complexity index is 653. The van der Waals surface area contributed by atoms with Crippen molar-refractivity contribution in [2.45, 2.75) is 13.1 Å². The highest BCUT2D eigenvalue weighted by molar-refractivity contribution is 5.67. The van der Waals surface area contributed by atoms with Gasteiger partial charge in [-0.25, -0.2) is 4.39 Å². The van der Waals surface area contributed by atoms with Crippen molar-refractivity contribution in [1.82, 2.24) is 5.32 Å². The summed E-state index contributed by atoms with van der Waals surface area (Å²) in [6.45, 7) is 4.83. The molecule has 0 saturated carbocycles. The van der Waals surface area contributed by atoms with Gasteiger partial charge in [0.05, 0.1) is 0 Å². The normalized spacial score (nSPS) is 14.8. The molecule has 0 spiro atoms. The molecule has 0 unspecified atom stereocenters. The lowest BCUT2D eigenvalue weighted by Crippen LogP contribution is -2.44. The Morgan fingerprint density at radius 3 is 2.61 bits per heavy atom. The SMILES string of the molecule is NCc1c(NCc2ccccc2F)cccc1N1CCNCC1. The quantitative estimate of drug-likeness (QED) is 0.793. The van der Waals surface area contributed by atoms with Crippen molar-refractivity contribution in [3.63, 3.8) is 0 Å². The largest absolute Gasteiger partial charge is 0.381 e. The first-order chi connectivity index (χ1) is 11.3. The Morgan fingerprint density at radius 1 is 1.09 bits per heavy atom. The molecule has 1 aliphatic heterocycles. The predicted molar refractivity (Wildman–Crippen MR) is 93.1 cm³/mol. The number of benzene rings is 2. The summed E-state index contributed by atoms with van der Waals surface area (Å²) in [5.74, 6) is -0.187. The Morgan fingerprint density at radius 2 is 1.87 bits per heavy atom. The molecule has 2 aromatic rings. The van der Waals surface area contributed by atoms with Gasteiger partial charge in [0.25, 0.3) is 0 Å². The van der Waals surface area contributed by atoms with Gasteiger partial charge in [0.1, 0.15) is 5.82 Å². The molecule has 1 fully saturated rings. The van der Waals surface area contributed by atoms with E-state index in [0.717, 1.165) is 37.4 Å². The van der Waals surface area contributed by atoms with Gasteiger partial charge in [-0.05, 0) is 18.2 Å². The lowest BCUT2D eigenvalue weighted by molar-refractivity contribution is 0.588. The number of anilines is 2. The van der Waals surface area contributed by atoms with Crippen LogP contribution in [-0.4, -0.2) is 26.2 Å². The predicted octanol–water partition coefficient (Wildman–Crippen LogP) is 2.31. The number of halogens is 1.